The zero-order valence-electron chi connectivity index (χ0n) is 32.9. The van der Waals surface area contributed by atoms with Gasteiger partial charge in [-0.25, -0.2) is 4.79 Å². The van der Waals surface area contributed by atoms with Crippen LogP contribution < -0.4 is 14.4 Å². The topological polar surface area (TPSA) is 82.5 Å². The van der Waals surface area contributed by atoms with Crippen molar-refractivity contribution in [1.82, 2.24) is 4.90 Å². The van der Waals surface area contributed by atoms with Crippen molar-refractivity contribution in [1.29, 1.82) is 0 Å². The third-order valence-electron chi connectivity index (χ3n) is 11.9. The lowest BCUT2D eigenvalue weighted by molar-refractivity contribution is 0.0305. The molecule has 2 atom stereocenters. The molecule has 0 bridgehead atoms. The molecule has 8 rings (SSSR count). The predicted octanol–water partition coefficient (Wildman–Crippen LogP) is 10.3. The van der Waals surface area contributed by atoms with Crippen molar-refractivity contribution in [2.45, 2.75) is 84.5 Å². The second-order valence-corrected chi connectivity index (χ2v) is 15.2. The fourth-order valence-corrected chi connectivity index (χ4v) is 8.91. The number of nitrogens with zero attached hydrogens (tertiary/aromatic N) is 2. The zero-order chi connectivity index (χ0) is 38.9. The number of anilines is 1. The van der Waals surface area contributed by atoms with Crippen molar-refractivity contribution in [3.05, 3.63) is 160 Å². The average molecular weight is 769 g/mol. The zero-order valence-corrected chi connectivity index (χ0v) is 32.9. The third kappa shape index (κ3) is 9.89. The van der Waals surface area contributed by atoms with Crippen LogP contribution in [0.1, 0.15) is 103 Å². The number of aryl methyl sites for hydroxylation is 1. The van der Waals surface area contributed by atoms with E-state index in [0.29, 0.717) is 30.0 Å². The van der Waals surface area contributed by atoms with Gasteiger partial charge in [0.25, 0.3) is 0 Å². The summed E-state index contributed by atoms with van der Waals surface area (Å²) in [5.41, 5.74) is 8.29. The van der Waals surface area contributed by atoms with E-state index in [1.165, 1.54) is 27.8 Å². The first kappa shape index (κ1) is 41.5. The van der Waals surface area contributed by atoms with Crippen molar-refractivity contribution >= 4 is 11.7 Å². The van der Waals surface area contributed by atoms with Gasteiger partial charge in [-0.1, -0.05) is 100 Å². The van der Waals surface area contributed by atoms with Gasteiger partial charge in [0.05, 0.1) is 18.8 Å². The number of likely N-dealkylation sites (tertiary alicyclic amines) is 1. The van der Waals surface area contributed by atoms with E-state index in [1.807, 2.05) is 32.0 Å². The summed E-state index contributed by atoms with van der Waals surface area (Å²) in [6.45, 7) is 9.13. The Balaban J connectivity index is 0.00000180. The van der Waals surface area contributed by atoms with Crippen LogP contribution in [0.4, 0.5) is 5.69 Å². The first-order valence-electron chi connectivity index (χ1n) is 20.6. The fraction of sp³-hybridized carbons (Fsp3) is 0.380. The van der Waals surface area contributed by atoms with E-state index in [-0.39, 0.29) is 25.5 Å². The van der Waals surface area contributed by atoms with Crippen LogP contribution in [-0.4, -0.2) is 59.9 Å². The van der Waals surface area contributed by atoms with Gasteiger partial charge in [0.15, 0.2) is 0 Å². The van der Waals surface area contributed by atoms with Crippen molar-refractivity contribution in [2.24, 2.45) is 5.92 Å². The van der Waals surface area contributed by atoms with Crippen molar-refractivity contribution in [2.75, 3.05) is 37.7 Å². The molecule has 3 aliphatic rings. The number of aliphatic hydroxyl groups is 1. The molecule has 2 fully saturated rings. The largest absolute Gasteiger partial charge is 0.494 e. The number of carbonyl (C=O) groups is 1. The molecule has 2 aliphatic heterocycles. The van der Waals surface area contributed by atoms with Crippen LogP contribution in [0, 0.1) is 5.92 Å². The molecular formula is C50H60N2O5. The molecule has 5 aromatic carbocycles. The van der Waals surface area contributed by atoms with Gasteiger partial charge < -0.3 is 24.6 Å². The maximum Gasteiger partial charge on any atom is 0.336 e. The number of aliphatic hydroxyl groups excluding tert-OH is 1. The van der Waals surface area contributed by atoms with Crippen molar-refractivity contribution < 1.29 is 24.5 Å². The van der Waals surface area contributed by atoms with Crippen LogP contribution in [0.25, 0.3) is 0 Å². The minimum Gasteiger partial charge on any atom is -0.494 e. The Morgan fingerprint density at radius 1 is 0.754 bits per heavy atom. The van der Waals surface area contributed by atoms with E-state index in [2.05, 4.69) is 107 Å². The molecule has 2 saturated heterocycles. The maximum absolute atomic E-state index is 11.5. The quantitative estimate of drug-likeness (QED) is 0.123. The molecule has 1 aliphatic carbocycles. The molecule has 0 aromatic heterocycles. The smallest absolute Gasteiger partial charge is 0.336 e. The fourth-order valence-electron chi connectivity index (χ4n) is 8.91. The molecule has 2 heterocycles. The van der Waals surface area contributed by atoms with Gasteiger partial charge in [-0.2, -0.15) is 0 Å². The number of carboxylic acid groups (broad SMARTS) is 1. The highest BCUT2D eigenvalue weighted by atomic mass is 16.5. The van der Waals surface area contributed by atoms with Crippen LogP contribution in [0.15, 0.2) is 121 Å². The highest BCUT2D eigenvalue weighted by Gasteiger charge is 2.35. The number of rotatable bonds is 13. The van der Waals surface area contributed by atoms with E-state index in [0.717, 1.165) is 82.1 Å². The second-order valence-electron chi connectivity index (χ2n) is 15.2. The summed E-state index contributed by atoms with van der Waals surface area (Å²) in [4.78, 5) is 16.4. The van der Waals surface area contributed by atoms with Gasteiger partial charge >= 0.3 is 5.97 Å². The lowest BCUT2D eigenvalue weighted by atomic mass is 9.69. The SMILES string of the molecule is C.CC.O=C(O)c1ccc(N2CCC(N3CC(CCOc4ccc(C5c6ccc(OCc7ccccc7)cc6CCC5c5ccccc5)cc4)C3)CC2)cc1CO. The first-order valence-corrected chi connectivity index (χ1v) is 20.6. The molecule has 7 heteroatoms. The predicted molar refractivity (Wildman–Crippen MR) is 231 cm³/mol. The van der Waals surface area contributed by atoms with Crippen molar-refractivity contribution in [3.63, 3.8) is 0 Å². The van der Waals surface area contributed by atoms with Gasteiger partial charge in [0.1, 0.15) is 18.1 Å². The number of hydrogen-bond donors (Lipinski definition) is 2. The first-order chi connectivity index (χ1) is 27.5. The summed E-state index contributed by atoms with van der Waals surface area (Å²) in [7, 11) is 0. The standard InChI is InChI=1S/C47H50N2O5.C2H6.CH4/c50-31-38-27-40(14-19-45(38)47(51)52)48-24-21-39(22-25-48)49-29-34(30-49)23-26-53-41-15-11-36(12-16-41)46-43(35-9-5-2-6-10-35)18-13-37-28-42(17-20-44(37)46)54-32-33-7-3-1-4-8-33;1-2;/h1-12,14-17,19-20,27-28,34,39,43,46,50H,13,18,21-26,29-32H2,(H,51,52);1-2H3;1H4. The molecule has 300 valence electrons. The number of aromatic carboxylic acids is 1. The number of ether oxygens (including phenoxy) is 2. The van der Waals surface area contributed by atoms with Gasteiger partial charge in [0, 0.05) is 43.8 Å². The summed E-state index contributed by atoms with van der Waals surface area (Å²) in [5.74, 6) is 2.18. The number of carboxylic acids is 1. The molecule has 0 radical (unpaired) electrons. The van der Waals surface area contributed by atoms with Crippen molar-refractivity contribution in [3.8, 4) is 11.5 Å². The minimum atomic E-state index is -1.00. The van der Waals surface area contributed by atoms with Crippen LogP contribution in [0.3, 0.4) is 0 Å². The molecule has 2 unspecified atom stereocenters. The number of hydrogen-bond acceptors (Lipinski definition) is 6. The molecule has 0 amide bonds. The Morgan fingerprint density at radius 2 is 1.44 bits per heavy atom. The summed E-state index contributed by atoms with van der Waals surface area (Å²) in [5, 5.41) is 19.1. The van der Waals surface area contributed by atoms with Crippen LogP contribution in [0.5, 0.6) is 11.5 Å². The molecule has 0 saturated carbocycles. The highest BCUT2D eigenvalue weighted by molar-refractivity contribution is 5.90. The van der Waals surface area contributed by atoms with E-state index in [9.17, 15) is 15.0 Å². The van der Waals surface area contributed by atoms with Crippen LogP contribution >= 0.6 is 0 Å². The minimum absolute atomic E-state index is 0. The number of fused-ring (bicyclic) bond motifs is 1. The molecular weight excluding hydrogens is 709 g/mol. The average Bonchev–Trinajstić information content (AvgIpc) is 3.24. The van der Waals surface area contributed by atoms with Gasteiger partial charge in [-0.15, -0.1) is 0 Å². The van der Waals surface area contributed by atoms with Gasteiger partial charge in [-0.05, 0) is 120 Å². The second kappa shape index (κ2) is 19.8. The Kier molecular flexibility index (Phi) is 14.5. The van der Waals surface area contributed by atoms with Gasteiger partial charge in [-0.3, -0.25) is 4.90 Å². The Bertz CT molecular complexity index is 2000. The normalized spacial score (nSPS) is 18.3. The number of piperidine rings is 1. The molecule has 0 spiro atoms. The maximum atomic E-state index is 11.5. The Hall–Kier alpha value is -5.11. The number of benzene rings is 5. The monoisotopic (exact) mass is 768 g/mol. The van der Waals surface area contributed by atoms with E-state index >= 15 is 0 Å². The lowest BCUT2D eigenvalue weighted by Crippen LogP contribution is -2.55. The van der Waals surface area contributed by atoms with E-state index < -0.39 is 5.97 Å². The molecule has 2 N–H and O–H groups in total. The van der Waals surface area contributed by atoms with E-state index in [1.54, 1.807) is 6.07 Å². The summed E-state index contributed by atoms with van der Waals surface area (Å²) < 4.78 is 12.5. The summed E-state index contributed by atoms with van der Waals surface area (Å²) >= 11 is 0. The van der Waals surface area contributed by atoms with E-state index in [4.69, 9.17) is 9.47 Å². The lowest BCUT2D eigenvalue weighted by Gasteiger charge is -2.47. The summed E-state index contributed by atoms with van der Waals surface area (Å²) in [6, 6.07) is 42.7. The molecule has 7 nitrogen and oxygen atoms in total. The van der Waals surface area contributed by atoms with Crippen LogP contribution in [-0.2, 0) is 19.6 Å². The molecule has 5 aromatic rings. The Labute approximate surface area is 339 Å². The third-order valence-corrected chi connectivity index (χ3v) is 11.9. The van der Waals surface area contributed by atoms with Crippen LogP contribution in [0.2, 0.25) is 0 Å². The summed E-state index contributed by atoms with van der Waals surface area (Å²) in [6.07, 6.45) is 5.35. The Morgan fingerprint density at radius 3 is 2.12 bits per heavy atom. The highest BCUT2D eigenvalue weighted by Crippen LogP contribution is 2.47. The van der Waals surface area contributed by atoms with Gasteiger partial charge in [0.2, 0.25) is 0 Å². The molecule has 57 heavy (non-hydrogen) atoms.